The standard InChI is InChI=1S/C18H20N2/c1-12-4-6-15(14(3)10-12)7-9-18-19-16-8-5-13(2)11-17(16)20-18/h4-6,8,10-11H,7,9H2,1-3H3,(H,19,20). The average molecular weight is 264 g/mol. The van der Waals surface area contributed by atoms with Crippen molar-refractivity contribution in [1.82, 2.24) is 9.97 Å². The lowest BCUT2D eigenvalue weighted by atomic mass is 10.0. The highest BCUT2D eigenvalue weighted by Crippen LogP contribution is 2.16. The van der Waals surface area contributed by atoms with Crippen LogP contribution in [-0.4, -0.2) is 9.97 Å². The molecule has 0 bridgehead atoms. The number of benzene rings is 2. The van der Waals surface area contributed by atoms with Crippen LogP contribution in [-0.2, 0) is 12.8 Å². The first-order valence-electron chi connectivity index (χ1n) is 7.13. The molecule has 0 amide bonds. The van der Waals surface area contributed by atoms with Gasteiger partial charge >= 0.3 is 0 Å². The number of nitrogens with zero attached hydrogens (tertiary/aromatic N) is 1. The molecule has 102 valence electrons. The van der Waals surface area contributed by atoms with Gasteiger partial charge in [0.2, 0.25) is 0 Å². The zero-order chi connectivity index (χ0) is 14.1. The third-order valence-corrected chi connectivity index (χ3v) is 3.82. The Bertz CT molecular complexity index is 753. The van der Waals surface area contributed by atoms with Crippen molar-refractivity contribution in [2.75, 3.05) is 0 Å². The monoisotopic (exact) mass is 264 g/mol. The molecule has 0 aliphatic heterocycles. The van der Waals surface area contributed by atoms with Gasteiger partial charge in [-0.15, -0.1) is 0 Å². The Morgan fingerprint density at radius 3 is 2.45 bits per heavy atom. The Balaban J connectivity index is 1.79. The zero-order valence-corrected chi connectivity index (χ0v) is 12.3. The normalized spacial score (nSPS) is 11.2. The minimum atomic E-state index is 0.956. The fraction of sp³-hybridized carbons (Fsp3) is 0.278. The molecule has 2 heteroatoms. The van der Waals surface area contributed by atoms with E-state index in [0.717, 1.165) is 29.7 Å². The zero-order valence-electron chi connectivity index (χ0n) is 12.3. The molecule has 0 saturated carbocycles. The lowest BCUT2D eigenvalue weighted by molar-refractivity contribution is 0.883. The predicted octanol–water partition coefficient (Wildman–Crippen LogP) is 4.27. The Hall–Kier alpha value is -2.09. The van der Waals surface area contributed by atoms with E-state index in [1.807, 2.05) is 0 Å². The number of aromatic nitrogens is 2. The molecule has 0 spiro atoms. The molecule has 1 heterocycles. The smallest absolute Gasteiger partial charge is 0.107 e. The lowest BCUT2D eigenvalue weighted by Gasteiger charge is -2.05. The van der Waals surface area contributed by atoms with Crippen LogP contribution in [0.4, 0.5) is 0 Å². The summed E-state index contributed by atoms with van der Waals surface area (Å²) in [6, 6.07) is 13.0. The molecule has 0 saturated heterocycles. The fourth-order valence-corrected chi connectivity index (χ4v) is 2.67. The second-order valence-electron chi connectivity index (χ2n) is 5.63. The van der Waals surface area contributed by atoms with Crippen molar-refractivity contribution in [2.24, 2.45) is 0 Å². The minimum Gasteiger partial charge on any atom is -0.342 e. The maximum atomic E-state index is 4.66. The largest absolute Gasteiger partial charge is 0.342 e. The van der Waals surface area contributed by atoms with E-state index in [2.05, 4.69) is 67.1 Å². The number of aromatic amines is 1. The molecule has 0 unspecified atom stereocenters. The van der Waals surface area contributed by atoms with Crippen LogP contribution in [0.1, 0.15) is 28.1 Å². The Morgan fingerprint density at radius 2 is 1.65 bits per heavy atom. The van der Waals surface area contributed by atoms with Crippen LogP contribution >= 0.6 is 0 Å². The van der Waals surface area contributed by atoms with Gasteiger partial charge in [-0.1, -0.05) is 29.8 Å². The number of H-pyrrole nitrogens is 1. The minimum absolute atomic E-state index is 0.956. The summed E-state index contributed by atoms with van der Waals surface area (Å²) in [4.78, 5) is 8.09. The van der Waals surface area contributed by atoms with E-state index in [9.17, 15) is 0 Å². The van der Waals surface area contributed by atoms with Crippen molar-refractivity contribution in [3.05, 3.63) is 64.5 Å². The molecule has 0 radical (unpaired) electrons. The number of fused-ring (bicyclic) bond motifs is 1. The Labute approximate surface area is 119 Å². The van der Waals surface area contributed by atoms with Gasteiger partial charge in [-0.05, 0) is 56.0 Å². The number of rotatable bonds is 3. The highest BCUT2D eigenvalue weighted by Gasteiger charge is 2.05. The van der Waals surface area contributed by atoms with Gasteiger partial charge in [0, 0.05) is 6.42 Å². The molecule has 1 aromatic heterocycles. The van der Waals surface area contributed by atoms with Crippen LogP contribution in [0.15, 0.2) is 36.4 Å². The molecule has 3 rings (SSSR count). The molecule has 3 aromatic rings. The van der Waals surface area contributed by atoms with Gasteiger partial charge in [-0.3, -0.25) is 0 Å². The highest BCUT2D eigenvalue weighted by atomic mass is 14.9. The first-order chi connectivity index (χ1) is 9.61. The van der Waals surface area contributed by atoms with Crippen LogP contribution in [0.2, 0.25) is 0 Å². The van der Waals surface area contributed by atoms with Crippen molar-refractivity contribution < 1.29 is 0 Å². The van der Waals surface area contributed by atoms with Crippen molar-refractivity contribution in [1.29, 1.82) is 0 Å². The second kappa shape index (κ2) is 5.12. The van der Waals surface area contributed by atoms with Crippen molar-refractivity contribution >= 4 is 11.0 Å². The molecule has 0 fully saturated rings. The maximum absolute atomic E-state index is 4.66. The van der Waals surface area contributed by atoms with Gasteiger partial charge in [0.25, 0.3) is 0 Å². The molecule has 20 heavy (non-hydrogen) atoms. The molecular formula is C18H20N2. The molecule has 1 N–H and O–H groups in total. The summed E-state index contributed by atoms with van der Waals surface area (Å²) in [7, 11) is 0. The fourth-order valence-electron chi connectivity index (χ4n) is 2.67. The number of imidazole rings is 1. The van der Waals surface area contributed by atoms with Crippen LogP contribution in [0, 0.1) is 20.8 Å². The van der Waals surface area contributed by atoms with Crippen molar-refractivity contribution in [3.8, 4) is 0 Å². The van der Waals surface area contributed by atoms with Crippen LogP contribution in [0.25, 0.3) is 11.0 Å². The van der Waals surface area contributed by atoms with E-state index in [4.69, 9.17) is 0 Å². The van der Waals surface area contributed by atoms with E-state index in [-0.39, 0.29) is 0 Å². The van der Waals surface area contributed by atoms with Gasteiger partial charge in [-0.2, -0.15) is 0 Å². The van der Waals surface area contributed by atoms with Crippen molar-refractivity contribution in [2.45, 2.75) is 33.6 Å². The average Bonchev–Trinajstić information content (AvgIpc) is 2.79. The number of aryl methyl sites for hydroxylation is 5. The molecule has 0 aliphatic rings. The van der Waals surface area contributed by atoms with Crippen LogP contribution in [0.3, 0.4) is 0 Å². The molecular weight excluding hydrogens is 244 g/mol. The predicted molar refractivity (Wildman–Crippen MR) is 84.2 cm³/mol. The van der Waals surface area contributed by atoms with Gasteiger partial charge in [-0.25, -0.2) is 4.98 Å². The van der Waals surface area contributed by atoms with Gasteiger partial charge in [0.05, 0.1) is 11.0 Å². The van der Waals surface area contributed by atoms with E-state index < -0.39 is 0 Å². The molecule has 2 aromatic carbocycles. The third-order valence-electron chi connectivity index (χ3n) is 3.82. The van der Waals surface area contributed by atoms with E-state index in [0.29, 0.717) is 0 Å². The molecule has 0 atom stereocenters. The van der Waals surface area contributed by atoms with E-state index >= 15 is 0 Å². The van der Waals surface area contributed by atoms with E-state index in [1.54, 1.807) is 0 Å². The number of hydrogen-bond acceptors (Lipinski definition) is 1. The van der Waals surface area contributed by atoms with Gasteiger partial charge in [0.15, 0.2) is 0 Å². The van der Waals surface area contributed by atoms with Gasteiger partial charge in [0.1, 0.15) is 5.82 Å². The first kappa shape index (κ1) is 12.9. The van der Waals surface area contributed by atoms with E-state index in [1.165, 1.54) is 22.3 Å². The lowest BCUT2D eigenvalue weighted by Crippen LogP contribution is -1.96. The number of hydrogen-bond donors (Lipinski definition) is 1. The highest BCUT2D eigenvalue weighted by molar-refractivity contribution is 5.75. The third kappa shape index (κ3) is 2.60. The Morgan fingerprint density at radius 1 is 0.900 bits per heavy atom. The summed E-state index contributed by atoms with van der Waals surface area (Å²) in [5.74, 6) is 1.07. The second-order valence-corrected chi connectivity index (χ2v) is 5.63. The van der Waals surface area contributed by atoms with Crippen LogP contribution in [0.5, 0.6) is 0 Å². The Kier molecular flexibility index (Phi) is 3.31. The topological polar surface area (TPSA) is 28.7 Å². The first-order valence-corrected chi connectivity index (χ1v) is 7.13. The molecule has 0 aliphatic carbocycles. The maximum Gasteiger partial charge on any atom is 0.107 e. The SMILES string of the molecule is Cc1ccc(CCc2nc3ccc(C)cc3[nH]2)c(C)c1. The summed E-state index contributed by atoms with van der Waals surface area (Å²) in [6.45, 7) is 6.43. The van der Waals surface area contributed by atoms with Gasteiger partial charge < -0.3 is 4.98 Å². The summed E-state index contributed by atoms with van der Waals surface area (Å²) in [5.41, 5.74) is 7.57. The summed E-state index contributed by atoms with van der Waals surface area (Å²) in [6.07, 6.45) is 1.99. The molecule has 2 nitrogen and oxygen atoms in total. The quantitative estimate of drug-likeness (QED) is 0.751. The van der Waals surface area contributed by atoms with Crippen molar-refractivity contribution in [3.63, 3.8) is 0 Å². The summed E-state index contributed by atoms with van der Waals surface area (Å²) < 4.78 is 0. The summed E-state index contributed by atoms with van der Waals surface area (Å²) in [5, 5.41) is 0. The van der Waals surface area contributed by atoms with Crippen LogP contribution < -0.4 is 0 Å². The summed E-state index contributed by atoms with van der Waals surface area (Å²) >= 11 is 0. The number of nitrogens with one attached hydrogen (secondary N) is 1.